The highest BCUT2D eigenvalue weighted by atomic mass is 32.1. The molecular formula is C13H19NS. The third kappa shape index (κ3) is 2.50. The maximum absolute atomic E-state index is 3.79. The summed E-state index contributed by atoms with van der Waals surface area (Å²) in [7, 11) is 0. The smallest absolute Gasteiger partial charge is 0.0333 e. The minimum absolute atomic E-state index is 0.540. The van der Waals surface area contributed by atoms with Gasteiger partial charge in [0.25, 0.3) is 0 Å². The number of fused-ring (bicyclic) bond motifs is 1. The highest BCUT2D eigenvalue weighted by Crippen LogP contribution is 2.33. The number of rotatable bonds is 4. The molecule has 0 saturated carbocycles. The molecule has 0 radical (unpaired) electrons. The highest BCUT2D eigenvalue weighted by molar-refractivity contribution is 7.10. The van der Waals surface area contributed by atoms with Crippen LogP contribution in [0.2, 0.25) is 0 Å². The van der Waals surface area contributed by atoms with Crippen LogP contribution in [0.4, 0.5) is 0 Å². The fourth-order valence-corrected chi connectivity index (χ4v) is 3.31. The van der Waals surface area contributed by atoms with Crippen LogP contribution < -0.4 is 5.32 Å². The third-order valence-corrected chi connectivity index (χ3v) is 4.05. The van der Waals surface area contributed by atoms with Gasteiger partial charge in [-0.3, -0.25) is 0 Å². The second kappa shape index (κ2) is 4.95. The largest absolute Gasteiger partial charge is 0.307 e. The summed E-state index contributed by atoms with van der Waals surface area (Å²) in [6.45, 7) is 6.03. The van der Waals surface area contributed by atoms with E-state index in [4.69, 9.17) is 0 Å². The summed E-state index contributed by atoms with van der Waals surface area (Å²) >= 11 is 1.91. The maximum atomic E-state index is 3.79. The van der Waals surface area contributed by atoms with E-state index < -0.39 is 0 Å². The van der Waals surface area contributed by atoms with Gasteiger partial charge in [-0.25, -0.2) is 0 Å². The summed E-state index contributed by atoms with van der Waals surface area (Å²) in [5, 5.41) is 5.92. The molecule has 0 amide bonds. The van der Waals surface area contributed by atoms with Crippen molar-refractivity contribution in [1.82, 2.24) is 5.32 Å². The van der Waals surface area contributed by atoms with Gasteiger partial charge in [-0.15, -0.1) is 17.9 Å². The van der Waals surface area contributed by atoms with Crippen molar-refractivity contribution in [3.05, 3.63) is 34.5 Å². The molecule has 1 nitrogen and oxygen atoms in total. The quantitative estimate of drug-likeness (QED) is 0.765. The minimum Gasteiger partial charge on any atom is -0.307 e. The molecule has 0 aliphatic heterocycles. The maximum Gasteiger partial charge on any atom is 0.0333 e. The van der Waals surface area contributed by atoms with E-state index in [9.17, 15) is 0 Å². The van der Waals surface area contributed by atoms with Gasteiger partial charge in [0.15, 0.2) is 0 Å². The van der Waals surface area contributed by atoms with Crippen molar-refractivity contribution in [3.8, 4) is 0 Å². The van der Waals surface area contributed by atoms with Crippen LogP contribution >= 0.6 is 11.3 Å². The Balaban J connectivity index is 2.03. The number of nitrogens with one attached hydrogen (secondary N) is 1. The van der Waals surface area contributed by atoms with E-state index in [1.165, 1.54) is 19.3 Å². The summed E-state index contributed by atoms with van der Waals surface area (Å²) < 4.78 is 0. The van der Waals surface area contributed by atoms with Crippen LogP contribution in [0.3, 0.4) is 0 Å². The molecule has 2 atom stereocenters. The lowest BCUT2D eigenvalue weighted by atomic mass is 9.93. The first-order chi connectivity index (χ1) is 7.31. The van der Waals surface area contributed by atoms with Gasteiger partial charge in [0.05, 0.1) is 0 Å². The summed E-state index contributed by atoms with van der Waals surface area (Å²) in [5.41, 5.74) is 1.54. The molecule has 1 aliphatic rings. The van der Waals surface area contributed by atoms with E-state index in [1.807, 2.05) is 17.4 Å². The van der Waals surface area contributed by atoms with Crippen LogP contribution in [0.1, 0.15) is 42.7 Å². The molecule has 0 fully saturated rings. The Kier molecular flexibility index (Phi) is 3.60. The zero-order chi connectivity index (χ0) is 10.7. The van der Waals surface area contributed by atoms with Gasteiger partial charge >= 0.3 is 0 Å². The average molecular weight is 221 g/mol. The molecule has 15 heavy (non-hydrogen) atoms. The average Bonchev–Trinajstić information content (AvgIpc) is 2.67. The fourth-order valence-electron chi connectivity index (χ4n) is 2.32. The Hall–Kier alpha value is -0.600. The first kappa shape index (κ1) is 10.9. The Labute approximate surface area is 96.2 Å². The van der Waals surface area contributed by atoms with Gasteiger partial charge in [0.1, 0.15) is 0 Å². The second-order valence-electron chi connectivity index (χ2n) is 4.34. The Morgan fingerprint density at radius 1 is 1.73 bits per heavy atom. The minimum atomic E-state index is 0.540. The van der Waals surface area contributed by atoms with Crippen molar-refractivity contribution in [1.29, 1.82) is 0 Å². The summed E-state index contributed by atoms with van der Waals surface area (Å²) in [4.78, 5) is 1.59. The van der Waals surface area contributed by atoms with Crippen LogP contribution in [0.25, 0.3) is 0 Å². The molecule has 0 bridgehead atoms. The molecule has 2 rings (SSSR count). The molecule has 1 N–H and O–H groups in total. The standard InChI is InChI=1S/C13H19NS/c1-3-5-10(2)14-12-6-4-7-13-11(12)8-9-15-13/h3,8-10,12,14H,1,4-7H2,2H3. The summed E-state index contributed by atoms with van der Waals surface area (Å²) in [6, 6.07) is 3.41. The Morgan fingerprint density at radius 3 is 3.40 bits per heavy atom. The SMILES string of the molecule is C=CCC(C)NC1CCCc2sccc21. The molecular weight excluding hydrogens is 202 g/mol. The molecule has 82 valence electrons. The molecule has 1 aromatic rings. The lowest BCUT2D eigenvalue weighted by Crippen LogP contribution is -2.31. The van der Waals surface area contributed by atoms with E-state index in [-0.39, 0.29) is 0 Å². The lowest BCUT2D eigenvalue weighted by molar-refractivity contribution is 0.413. The lowest BCUT2D eigenvalue weighted by Gasteiger charge is -2.26. The molecule has 2 heteroatoms. The zero-order valence-corrected chi connectivity index (χ0v) is 10.1. The predicted octanol–water partition coefficient (Wildman–Crippen LogP) is 3.68. The van der Waals surface area contributed by atoms with Gasteiger partial charge in [-0.1, -0.05) is 6.08 Å². The van der Waals surface area contributed by atoms with Crippen molar-refractivity contribution < 1.29 is 0 Å². The Morgan fingerprint density at radius 2 is 2.60 bits per heavy atom. The monoisotopic (exact) mass is 221 g/mol. The molecule has 1 aliphatic carbocycles. The number of hydrogen-bond donors (Lipinski definition) is 1. The zero-order valence-electron chi connectivity index (χ0n) is 9.33. The molecule has 0 saturated heterocycles. The molecule has 0 aromatic carbocycles. The van der Waals surface area contributed by atoms with Crippen LogP contribution in [0.15, 0.2) is 24.1 Å². The molecule has 1 heterocycles. The predicted molar refractivity (Wildman–Crippen MR) is 67.4 cm³/mol. The van der Waals surface area contributed by atoms with Crippen LogP contribution in [0, 0.1) is 0 Å². The van der Waals surface area contributed by atoms with Crippen LogP contribution in [0.5, 0.6) is 0 Å². The van der Waals surface area contributed by atoms with E-state index in [2.05, 4.69) is 30.3 Å². The van der Waals surface area contributed by atoms with E-state index in [0.717, 1.165) is 6.42 Å². The highest BCUT2D eigenvalue weighted by Gasteiger charge is 2.21. The van der Waals surface area contributed by atoms with Crippen molar-refractivity contribution in [2.45, 2.75) is 44.7 Å². The molecule has 0 spiro atoms. The topological polar surface area (TPSA) is 12.0 Å². The van der Waals surface area contributed by atoms with E-state index in [0.29, 0.717) is 12.1 Å². The summed E-state index contributed by atoms with van der Waals surface area (Å²) in [6.07, 6.45) is 6.93. The molecule has 1 aromatic heterocycles. The number of thiophene rings is 1. The first-order valence-electron chi connectivity index (χ1n) is 5.74. The first-order valence-corrected chi connectivity index (χ1v) is 6.62. The van der Waals surface area contributed by atoms with Gasteiger partial charge in [0.2, 0.25) is 0 Å². The van der Waals surface area contributed by atoms with Gasteiger partial charge < -0.3 is 5.32 Å². The van der Waals surface area contributed by atoms with Crippen LogP contribution in [-0.4, -0.2) is 6.04 Å². The van der Waals surface area contributed by atoms with Crippen molar-refractivity contribution in [2.24, 2.45) is 0 Å². The number of hydrogen-bond acceptors (Lipinski definition) is 2. The second-order valence-corrected chi connectivity index (χ2v) is 5.34. The van der Waals surface area contributed by atoms with Gasteiger partial charge in [-0.05, 0) is 49.6 Å². The van der Waals surface area contributed by atoms with Crippen molar-refractivity contribution in [2.75, 3.05) is 0 Å². The number of aryl methyl sites for hydroxylation is 1. The normalized spacial score (nSPS) is 22.1. The Bertz CT molecular complexity index is 329. The van der Waals surface area contributed by atoms with Gasteiger partial charge in [-0.2, -0.15) is 0 Å². The van der Waals surface area contributed by atoms with Crippen molar-refractivity contribution in [3.63, 3.8) is 0 Å². The molecule has 2 unspecified atom stereocenters. The van der Waals surface area contributed by atoms with Crippen LogP contribution in [-0.2, 0) is 6.42 Å². The van der Waals surface area contributed by atoms with Gasteiger partial charge in [0, 0.05) is 17.0 Å². The summed E-state index contributed by atoms with van der Waals surface area (Å²) in [5.74, 6) is 0. The third-order valence-electron chi connectivity index (χ3n) is 3.06. The fraction of sp³-hybridized carbons (Fsp3) is 0.538. The van der Waals surface area contributed by atoms with E-state index >= 15 is 0 Å². The van der Waals surface area contributed by atoms with E-state index in [1.54, 1.807) is 10.4 Å². The van der Waals surface area contributed by atoms with Crippen molar-refractivity contribution >= 4 is 11.3 Å².